The van der Waals surface area contributed by atoms with Gasteiger partial charge in [0, 0.05) is 37.0 Å². The molecule has 0 radical (unpaired) electrons. The molecule has 0 aliphatic carbocycles. The van der Waals surface area contributed by atoms with E-state index in [0.717, 1.165) is 22.7 Å². The van der Waals surface area contributed by atoms with Gasteiger partial charge in [0.05, 0.1) is 26.5 Å². The number of rotatable bonds is 11. The first-order chi connectivity index (χ1) is 16.9. The van der Waals surface area contributed by atoms with Gasteiger partial charge in [0.25, 0.3) is 0 Å². The zero-order chi connectivity index (χ0) is 25.4. The molecule has 3 aromatic rings. The van der Waals surface area contributed by atoms with E-state index in [1.54, 1.807) is 39.7 Å². The maximum absolute atomic E-state index is 13.0. The molecule has 0 unspecified atom stereocenters. The Morgan fingerprint density at radius 2 is 1.57 bits per heavy atom. The molecule has 0 aliphatic rings. The van der Waals surface area contributed by atoms with E-state index in [4.69, 9.17) is 14.2 Å². The summed E-state index contributed by atoms with van der Waals surface area (Å²) in [6, 6.07) is 14.9. The molecule has 0 aliphatic heterocycles. The zero-order valence-corrected chi connectivity index (χ0v) is 20.8. The Morgan fingerprint density at radius 1 is 0.971 bits per heavy atom. The van der Waals surface area contributed by atoms with Crippen LogP contribution in [-0.2, 0) is 14.3 Å². The Kier molecular flexibility index (Phi) is 8.86. The first kappa shape index (κ1) is 25.8. The molecule has 0 atom stereocenters. The van der Waals surface area contributed by atoms with Crippen molar-refractivity contribution >= 4 is 17.8 Å². The minimum absolute atomic E-state index is 0.103. The molecule has 0 fully saturated rings. The molecule has 3 rings (SSSR count). The van der Waals surface area contributed by atoms with Gasteiger partial charge in [-0.3, -0.25) is 19.5 Å². The Bertz CT molecular complexity index is 1120. The molecule has 0 saturated carbocycles. The number of aromatic nitrogens is 2. The number of nitrogens with zero attached hydrogens (tertiary/aromatic N) is 3. The van der Waals surface area contributed by atoms with Crippen molar-refractivity contribution in [2.45, 2.75) is 13.8 Å². The summed E-state index contributed by atoms with van der Waals surface area (Å²) < 4.78 is 17.4. The maximum atomic E-state index is 13.0. The van der Waals surface area contributed by atoms with Crippen LogP contribution in [0.2, 0.25) is 0 Å². The summed E-state index contributed by atoms with van der Waals surface area (Å²) in [4.78, 5) is 31.7. The number of benzene rings is 2. The minimum atomic E-state index is -0.350. The molecule has 35 heavy (non-hydrogen) atoms. The highest BCUT2D eigenvalue weighted by Crippen LogP contribution is 2.27. The topological polar surface area (TPSA) is 94.9 Å². The number of nitrogens with one attached hydrogen (secondary N) is 1. The van der Waals surface area contributed by atoms with Crippen LogP contribution in [0.4, 0.5) is 5.95 Å². The summed E-state index contributed by atoms with van der Waals surface area (Å²) in [6.45, 7) is 4.17. The van der Waals surface area contributed by atoms with Gasteiger partial charge >= 0.3 is 0 Å². The largest absolute Gasteiger partial charge is 0.497 e. The summed E-state index contributed by atoms with van der Waals surface area (Å²) in [5, 5.41) is 2.87. The molecule has 1 heterocycles. The normalized spacial score (nSPS) is 10.8. The van der Waals surface area contributed by atoms with E-state index in [0.29, 0.717) is 24.8 Å². The van der Waals surface area contributed by atoms with Gasteiger partial charge < -0.3 is 19.1 Å². The fourth-order valence-corrected chi connectivity index (χ4v) is 3.48. The van der Waals surface area contributed by atoms with Gasteiger partial charge in [-0.15, -0.1) is 0 Å². The zero-order valence-electron chi connectivity index (χ0n) is 20.8. The van der Waals surface area contributed by atoms with E-state index in [1.807, 2.05) is 54.7 Å². The Balaban J connectivity index is 1.91. The third-order valence-corrected chi connectivity index (χ3v) is 5.40. The van der Waals surface area contributed by atoms with Crippen LogP contribution in [0.15, 0.2) is 54.7 Å². The third kappa shape index (κ3) is 6.60. The van der Waals surface area contributed by atoms with Crippen molar-refractivity contribution in [2.75, 3.05) is 46.3 Å². The predicted octanol–water partition coefficient (Wildman–Crippen LogP) is 3.63. The molecule has 2 aromatic carbocycles. The lowest BCUT2D eigenvalue weighted by Gasteiger charge is -2.23. The molecule has 1 aromatic heterocycles. The van der Waals surface area contributed by atoms with Crippen molar-refractivity contribution in [3.05, 3.63) is 54.7 Å². The number of ether oxygens (including phenoxy) is 3. The number of carbonyl (C=O) groups excluding carboxylic acids is 2. The summed E-state index contributed by atoms with van der Waals surface area (Å²) in [6.07, 6.45) is 1.85. The summed E-state index contributed by atoms with van der Waals surface area (Å²) in [5.74, 6) is 1.10. The molecule has 9 nitrogen and oxygen atoms in total. The highest BCUT2D eigenvalue weighted by molar-refractivity contribution is 5.94. The van der Waals surface area contributed by atoms with E-state index in [9.17, 15) is 9.59 Å². The number of carbonyl (C=O) groups is 2. The number of anilines is 1. The average Bonchev–Trinajstić information content (AvgIpc) is 3.29. The number of methoxy groups -OCH3 is 3. The summed E-state index contributed by atoms with van der Waals surface area (Å²) in [7, 11) is 4.78. The maximum Gasteiger partial charge on any atom is 0.246 e. The molecular formula is C26H32N4O5. The molecular weight excluding hydrogens is 448 g/mol. The van der Waals surface area contributed by atoms with Crippen molar-refractivity contribution in [3.63, 3.8) is 0 Å². The molecule has 9 heteroatoms. The van der Waals surface area contributed by atoms with Crippen LogP contribution in [0.5, 0.6) is 11.5 Å². The summed E-state index contributed by atoms with van der Waals surface area (Å²) in [5.41, 5.74) is 2.33. The predicted molar refractivity (Wildman–Crippen MR) is 134 cm³/mol. The first-order valence-electron chi connectivity index (χ1n) is 11.3. The second kappa shape index (κ2) is 12.0. The smallest absolute Gasteiger partial charge is 0.246 e. The SMILES string of the molecule is COCCN(CC(=O)Nc1nc(-c2ccc(OC)cc2)cn1-c1ccc(OC)cc1)C(=O)C(C)C. The second-order valence-corrected chi connectivity index (χ2v) is 8.20. The van der Waals surface area contributed by atoms with Crippen LogP contribution in [0.25, 0.3) is 16.9 Å². The number of hydrogen-bond donors (Lipinski definition) is 1. The second-order valence-electron chi connectivity index (χ2n) is 8.20. The minimum Gasteiger partial charge on any atom is -0.497 e. The van der Waals surface area contributed by atoms with Crippen LogP contribution >= 0.6 is 0 Å². The lowest BCUT2D eigenvalue weighted by Crippen LogP contribution is -2.42. The van der Waals surface area contributed by atoms with Crippen molar-refractivity contribution in [3.8, 4) is 28.4 Å². The van der Waals surface area contributed by atoms with Crippen molar-refractivity contribution < 1.29 is 23.8 Å². The van der Waals surface area contributed by atoms with E-state index in [-0.39, 0.29) is 24.3 Å². The van der Waals surface area contributed by atoms with E-state index in [2.05, 4.69) is 10.3 Å². The molecule has 186 valence electrons. The standard InChI is InChI=1S/C26H32N4O5/c1-18(2)25(32)29(14-15-33-3)17-24(31)28-26-27-23(19-6-10-21(34-4)11-7-19)16-30(26)20-8-12-22(35-5)13-9-20/h6-13,16,18H,14-15,17H2,1-5H3,(H,27,28,31). The number of amides is 2. The van der Waals surface area contributed by atoms with Gasteiger partial charge in [-0.2, -0.15) is 0 Å². The molecule has 2 amide bonds. The molecule has 1 N–H and O–H groups in total. The number of hydrogen-bond acceptors (Lipinski definition) is 6. The average molecular weight is 481 g/mol. The van der Waals surface area contributed by atoms with Gasteiger partial charge in [0.1, 0.15) is 18.0 Å². The molecule has 0 saturated heterocycles. The van der Waals surface area contributed by atoms with E-state index in [1.165, 1.54) is 4.90 Å². The van der Waals surface area contributed by atoms with E-state index < -0.39 is 0 Å². The van der Waals surface area contributed by atoms with Crippen molar-refractivity contribution in [2.24, 2.45) is 5.92 Å². The van der Waals surface area contributed by atoms with Crippen LogP contribution in [0.3, 0.4) is 0 Å². The van der Waals surface area contributed by atoms with Gasteiger partial charge in [-0.25, -0.2) is 4.98 Å². The van der Waals surface area contributed by atoms with Crippen LogP contribution in [-0.4, -0.2) is 67.3 Å². The van der Waals surface area contributed by atoms with Gasteiger partial charge in [-0.1, -0.05) is 13.8 Å². The Hall–Kier alpha value is -3.85. The van der Waals surface area contributed by atoms with Gasteiger partial charge in [0.2, 0.25) is 17.8 Å². The fourth-order valence-electron chi connectivity index (χ4n) is 3.48. The van der Waals surface area contributed by atoms with Crippen molar-refractivity contribution in [1.82, 2.24) is 14.5 Å². The molecule has 0 bridgehead atoms. The lowest BCUT2D eigenvalue weighted by atomic mass is 10.1. The van der Waals surface area contributed by atoms with Crippen LogP contribution in [0, 0.1) is 5.92 Å². The Morgan fingerprint density at radius 3 is 2.11 bits per heavy atom. The van der Waals surface area contributed by atoms with Gasteiger partial charge in [0.15, 0.2) is 0 Å². The Labute approximate surface area is 205 Å². The highest BCUT2D eigenvalue weighted by Gasteiger charge is 2.21. The third-order valence-electron chi connectivity index (χ3n) is 5.40. The van der Waals surface area contributed by atoms with Crippen LogP contribution in [0.1, 0.15) is 13.8 Å². The fraction of sp³-hybridized carbons (Fsp3) is 0.346. The monoisotopic (exact) mass is 480 g/mol. The van der Waals surface area contributed by atoms with Crippen molar-refractivity contribution in [1.29, 1.82) is 0 Å². The van der Waals surface area contributed by atoms with E-state index >= 15 is 0 Å². The highest BCUT2D eigenvalue weighted by atomic mass is 16.5. The first-order valence-corrected chi connectivity index (χ1v) is 11.3. The lowest BCUT2D eigenvalue weighted by molar-refractivity contribution is -0.138. The molecule has 0 spiro atoms. The quantitative estimate of drug-likeness (QED) is 0.450. The number of imidazole rings is 1. The summed E-state index contributed by atoms with van der Waals surface area (Å²) >= 11 is 0. The van der Waals surface area contributed by atoms with Crippen LogP contribution < -0.4 is 14.8 Å². The van der Waals surface area contributed by atoms with Gasteiger partial charge in [-0.05, 0) is 48.5 Å².